The molecule has 2 aromatic rings. The Bertz CT molecular complexity index is 1180. The number of carbonyl (C=O) groups is 2. The van der Waals surface area contributed by atoms with Gasteiger partial charge < -0.3 is 39.4 Å². The van der Waals surface area contributed by atoms with Crippen LogP contribution in [0.4, 0.5) is 0 Å². The number of carboxylic acid groups (broad SMARTS) is 1. The second-order valence-corrected chi connectivity index (χ2v) is 9.91. The molecule has 2 aliphatic rings. The second-order valence-electron chi connectivity index (χ2n) is 9.91. The number of benzene rings is 2. The predicted molar refractivity (Wildman–Crippen MR) is 147 cm³/mol. The third-order valence-electron chi connectivity index (χ3n) is 7.49. The Hall–Kier alpha value is -3.70. The van der Waals surface area contributed by atoms with Crippen LogP contribution in [0.25, 0.3) is 0 Å². The van der Waals surface area contributed by atoms with E-state index in [-0.39, 0.29) is 25.9 Å². The third-order valence-corrected chi connectivity index (χ3v) is 7.49. The van der Waals surface area contributed by atoms with E-state index in [2.05, 4.69) is 6.92 Å². The Morgan fingerprint density at radius 3 is 2.52 bits per heavy atom. The first-order chi connectivity index (χ1) is 19.4. The molecular weight excluding hydrogens is 518 g/mol. The summed E-state index contributed by atoms with van der Waals surface area (Å²) in [5, 5.41) is 10.5. The highest BCUT2D eigenvalue weighted by molar-refractivity contribution is 5.79. The molecule has 0 bridgehead atoms. The Labute approximate surface area is 234 Å². The molecular formula is C29H39N3O8. The van der Waals surface area contributed by atoms with Crippen LogP contribution in [0.5, 0.6) is 28.7 Å². The average Bonchev–Trinajstić information content (AvgIpc) is 3.58. The smallest absolute Gasteiger partial charge is 0.308 e. The number of carbonyl (C=O) groups excluding carboxylic acids is 1. The standard InChI is InChI=1S/C29H39N3O8/c1-4-5-11-31(12-10-30)26(33)16-32-15-20(19-13-24(37-3)28-25(14-19)39-18-40-28)27(29(34)35)21(32)17-38-23-9-7-6-8-22(23)36-2/h6-9,13-14,20-21,27H,4-5,10-12,15-18,30H2,1-3H3,(H,34,35)/t20-,21+,27?/m1/s1. The van der Waals surface area contributed by atoms with Gasteiger partial charge in [0.15, 0.2) is 23.0 Å². The minimum atomic E-state index is -0.977. The minimum absolute atomic E-state index is 0.0473. The van der Waals surface area contributed by atoms with E-state index in [1.54, 1.807) is 36.3 Å². The van der Waals surface area contributed by atoms with Gasteiger partial charge in [-0.3, -0.25) is 14.5 Å². The Morgan fingerprint density at radius 1 is 1.10 bits per heavy atom. The molecule has 0 aliphatic carbocycles. The third kappa shape index (κ3) is 6.37. The van der Waals surface area contributed by atoms with E-state index in [0.29, 0.717) is 54.9 Å². The number of aliphatic carboxylic acids is 1. The molecule has 11 heteroatoms. The lowest BCUT2D eigenvalue weighted by atomic mass is 9.85. The van der Waals surface area contributed by atoms with Gasteiger partial charge in [0.2, 0.25) is 18.4 Å². The number of para-hydroxylation sites is 2. The zero-order valence-electron chi connectivity index (χ0n) is 23.3. The van der Waals surface area contributed by atoms with Gasteiger partial charge in [-0.05, 0) is 36.2 Å². The highest BCUT2D eigenvalue weighted by Crippen LogP contribution is 2.47. The number of fused-ring (bicyclic) bond motifs is 1. The molecule has 2 heterocycles. The van der Waals surface area contributed by atoms with Crippen molar-refractivity contribution in [3.05, 3.63) is 42.0 Å². The number of amides is 1. The van der Waals surface area contributed by atoms with Crippen LogP contribution >= 0.6 is 0 Å². The van der Waals surface area contributed by atoms with Crippen molar-refractivity contribution in [1.82, 2.24) is 9.80 Å². The van der Waals surface area contributed by atoms with Crippen molar-refractivity contribution in [1.29, 1.82) is 0 Å². The number of nitrogens with two attached hydrogens (primary N) is 1. The number of methoxy groups -OCH3 is 2. The number of nitrogens with zero attached hydrogens (tertiary/aromatic N) is 2. The van der Waals surface area contributed by atoms with Crippen LogP contribution in [0.1, 0.15) is 31.2 Å². The molecule has 3 N–H and O–H groups in total. The maximum Gasteiger partial charge on any atom is 0.308 e. The molecule has 1 amide bonds. The first-order valence-corrected chi connectivity index (χ1v) is 13.6. The summed E-state index contributed by atoms with van der Waals surface area (Å²) in [6.45, 7) is 3.96. The number of unbranched alkanes of at least 4 members (excludes halogenated alkanes) is 1. The molecule has 0 aromatic heterocycles. The summed E-state index contributed by atoms with van der Waals surface area (Å²) in [6.07, 6.45) is 1.81. The summed E-state index contributed by atoms with van der Waals surface area (Å²) >= 11 is 0. The number of rotatable bonds is 14. The van der Waals surface area contributed by atoms with Crippen molar-refractivity contribution < 1.29 is 38.4 Å². The van der Waals surface area contributed by atoms with Crippen LogP contribution < -0.4 is 29.4 Å². The summed E-state index contributed by atoms with van der Waals surface area (Å²) in [7, 11) is 3.08. The Balaban J connectivity index is 1.66. The van der Waals surface area contributed by atoms with E-state index in [1.807, 2.05) is 17.0 Å². The van der Waals surface area contributed by atoms with Gasteiger partial charge in [0.05, 0.1) is 32.7 Å². The maximum atomic E-state index is 13.5. The zero-order valence-corrected chi connectivity index (χ0v) is 23.3. The molecule has 11 nitrogen and oxygen atoms in total. The molecule has 218 valence electrons. The van der Waals surface area contributed by atoms with E-state index in [1.165, 1.54) is 7.11 Å². The van der Waals surface area contributed by atoms with Crippen LogP contribution in [-0.2, 0) is 9.59 Å². The van der Waals surface area contributed by atoms with E-state index < -0.39 is 23.8 Å². The van der Waals surface area contributed by atoms with E-state index in [0.717, 1.165) is 18.4 Å². The van der Waals surface area contributed by atoms with Gasteiger partial charge in [0.1, 0.15) is 6.61 Å². The van der Waals surface area contributed by atoms with Crippen molar-refractivity contribution in [2.75, 3.05) is 60.3 Å². The van der Waals surface area contributed by atoms with Crippen molar-refractivity contribution in [3.63, 3.8) is 0 Å². The molecule has 0 radical (unpaired) electrons. The highest BCUT2D eigenvalue weighted by Gasteiger charge is 2.48. The van der Waals surface area contributed by atoms with Crippen LogP contribution in [0, 0.1) is 5.92 Å². The lowest BCUT2D eigenvalue weighted by Gasteiger charge is -2.29. The molecule has 0 saturated carbocycles. The number of likely N-dealkylation sites (tertiary alicyclic amines) is 1. The van der Waals surface area contributed by atoms with Gasteiger partial charge in [-0.25, -0.2) is 0 Å². The van der Waals surface area contributed by atoms with E-state index in [4.69, 9.17) is 29.4 Å². The molecule has 40 heavy (non-hydrogen) atoms. The fraction of sp³-hybridized carbons (Fsp3) is 0.517. The minimum Gasteiger partial charge on any atom is -0.493 e. The first kappa shape index (κ1) is 29.3. The zero-order chi connectivity index (χ0) is 28.6. The summed E-state index contributed by atoms with van der Waals surface area (Å²) in [6, 6.07) is 10.2. The molecule has 1 unspecified atom stereocenters. The normalized spacial score (nSPS) is 19.9. The van der Waals surface area contributed by atoms with Crippen molar-refractivity contribution in [2.45, 2.75) is 31.7 Å². The average molecular weight is 558 g/mol. The monoisotopic (exact) mass is 557 g/mol. The first-order valence-electron chi connectivity index (χ1n) is 13.6. The number of ether oxygens (including phenoxy) is 5. The molecule has 0 spiro atoms. The number of hydrogen-bond acceptors (Lipinski definition) is 9. The molecule has 1 saturated heterocycles. The van der Waals surface area contributed by atoms with Gasteiger partial charge in [-0.1, -0.05) is 25.5 Å². The molecule has 2 aliphatic heterocycles. The summed E-state index contributed by atoms with van der Waals surface area (Å²) in [5.41, 5.74) is 6.53. The summed E-state index contributed by atoms with van der Waals surface area (Å²) in [5.74, 6) is 0.117. The number of hydrogen-bond donors (Lipinski definition) is 2. The van der Waals surface area contributed by atoms with Gasteiger partial charge in [0, 0.05) is 32.1 Å². The van der Waals surface area contributed by atoms with Gasteiger partial charge >= 0.3 is 5.97 Å². The van der Waals surface area contributed by atoms with E-state index in [9.17, 15) is 14.7 Å². The van der Waals surface area contributed by atoms with Crippen molar-refractivity contribution >= 4 is 11.9 Å². The van der Waals surface area contributed by atoms with Crippen LogP contribution in [0.3, 0.4) is 0 Å². The molecule has 1 fully saturated rings. The fourth-order valence-corrected chi connectivity index (χ4v) is 5.45. The number of carboxylic acids is 1. The van der Waals surface area contributed by atoms with Gasteiger partial charge in [-0.2, -0.15) is 0 Å². The lowest BCUT2D eigenvalue weighted by Crippen LogP contribution is -2.47. The largest absolute Gasteiger partial charge is 0.493 e. The fourth-order valence-electron chi connectivity index (χ4n) is 5.45. The van der Waals surface area contributed by atoms with Gasteiger partial charge in [0.25, 0.3) is 0 Å². The topological polar surface area (TPSA) is 133 Å². The maximum absolute atomic E-state index is 13.5. The predicted octanol–water partition coefficient (Wildman–Crippen LogP) is 2.57. The summed E-state index contributed by atoms with van der Waals surface area (Å²) in [4.78, 5) is 29.9. The van der Waals surface area contributed by atoms with Gasteiger partial charge in [-0.15, -0.1) is 0 Å². The summed E-state index contributed by atoms with van der Waals surface area (Å²) < 4.78 is 28.2. The Kier molecular flexibility index (Phi) is 9.94. The van der Waals surface area contributed by atoms with Crippen LogP contribution in [0.2, 0.25) is 0 Å². The Morgan fingerprint density at radius 2 is 1.85 bits per heavy atom. The lowest BCUT2D eigenvalue weighted by molar-refractivity contribution is -0.144. The molecule has 4 rings (SSSR count). The van der Waals surface area contributed by atoms with Crippen LogP contribution in [0.15, 0.2) is 36.4 Å². The second kappa shape index (κ2) is 13.6. The quantitative estimate of drug-likeness (QED) is 0.357. The van der Waals surface area contributed by atoms with Crippen LogP contribution in [-0.4, -0.2) is 93.2 Å². The molecule has 3 atom stereocenters. The molecule has 2 aromatic carbocycles. The van der Waals surface area contributed by atoms with Crippen molar-refractivity contribution in [3.8, 4) is 28.7 Å². The van der Waals surface area contributed by atoms with Crippen molar-refractivity contribution in [2.24, 2.45) is 11.7 Å². The SMILES string of the molecule is CCCCN(CCN)C(=O)CN1C[C@H](c2cc(OC)c3c(c2)OCO3)C(C(=O)O)[C@@H]1COc1ccccc1OC. The van der Waals surface area contributed by atoms with E-state index >= 15 is 0 Å². The highest BCUT2D eigenvalue weighted by atomic mass is 16.7.